The Morgan fingerprint density at radius 1 is 0.727 bits per heavy atom. The fraction of sp³-hybridized carbons (Fsp3) is 0.500. The van der Waals surface area contributed by atoms with E-state index in [0.717, 1.165) is 0 Å². The third-order valence-electron chi connectivity index (χ3n) is 3.14. The van der Waals surface area contributed by atoms with Crippen LogP contribution >= 0.6 is 0 Å². The van der Waals surface area contributed by atoms with Crippen molar-refractivity contribution in [3.63, 3.8) is 0 Å². The van der Waals surface area contributed by atoms with Gasteiger partial charge in [0.1, 0.15) is 13.3 Å². The minimum absolute atomic E-state index is 0.0696. The van der Waals surface area contributed by atoms with Crippen LogP contribution in [0.5, 0.6) is 0 Å². The number of hydrogen-bond donors (Lipinski definition) is 2. The molecule has 0 aromatic heterocycles. The van der Waals surface area contributed by atoms with Gasteiger partial charge in [-0.3, -0.25) is 0 Å². The van der Waals surface area contributed by atoms with Crippen molar-refractivity contribution in [2.75, 3.05) is 13.3 Å². The monoisotopic (exact) mass is 338 g/mol. The molecule has 22 heavy (non-hydrogen) atoms. The van der Waals surface area contributed by atoms with E-state index >= 15 is 0 Å². The summed E-state index contributed by atoms with van der Waals surface area (Å²) in [5.41, 5.74) is -10.7. The first kappa shape index (κ1) is 18.6. The zero-order valence-electron chi connectivity index (χ0n) is 10.6. The largest absolute Gasteiger partial charge is 0.424 e. The van der Waals surface area contributed by atoms with Crippen molar-refractivity contribution in [1.82, 2.24) is 0 Å². The van der Waals surface area contributed by atoms with Gasteiger partial charge in [-0.2, -0.15) is 26.3 Å². The van der Waals surface area contributed by atoms with Crippen LogP contribution < -0.4 is 0 Å². The number of hydrogen-bond acceptors (Lipinski definition) is 2. The number of benzene rings is 1. The van der Waals surface area contributed by atoms with Crippen LogP contribution in [0.4, 0.5) is 35.1 Å². The summed E-state index contributed by atoms with van der Waals surface area (Å²) < 4.78 is 101. The van der Waals surface area contributed by atoms with E-state index in [-0.39, 0.29) is 6.07 Å². The molecule has 1 aromatic carbocycles. The quantitative estimate of drug-likeness (QED) is 0.828. The minimum Gasteiger partial charge on any atom is -0.374 e. The van der Waals surface area contributed by atoms with Gasteiger partial charge in [-0.15, -0.1) is 0 Å². The molecule has 1 rings (SSSR count). The Labute approximate surface area is 119 Å². The maximum absolute atomic E-state index is 12.7. The van der Waals surface area contributed by atoms with E-state index in [0.29, 0.717) is 18.2 Å². The summed E-state index contributed by atoms with van der Waals surface area (Å²) >= 11 is 0. The molecule has 2 atom stereocenters. The average Bonchev–Trinajstić information content (AvgIpc) is 2.43. The smallest absolute Gasteiger partial charge is 0.374 e. The van der Waals surface area contributed by atoms with Gasteiger partial charge in [-0.05, 0) is 17.2 Å². The van der Waals surface area contributed by atoms with Crippen LogP contribution in [0.3, 0.4) is 0 Å². The number of halogens is 8. The second kappa shape index (κ2) is 5.65. The first-order valence-corrected chi connectivity index (χ1v) is 5.64. The zero-order valence-corrected chi connectivity index (χ0v) is 10.6. The highest BCUT2D eigenvalue weighted by Crippen LogP contribution is 2.43. The topological polar surface area (TPSA) is 40.5 Å². The van der Waals surface area contributed by atoms with Crippen molar-refractivity contribution in [1.29, 1.82) is 0 Å². The Morgan fingerprint density at radius 2 is 1.05 bits per heavy atom. The van der Waals surface area contributed by atoms with Gasteiger partial charge in [-0.25, -0.2) is 8.78 Å². The van der Waals surface area contributed by atoms with Gasteiger partial charge in [0.25, 0.3) is 0 Å². The molecule has 0 bridgehead atoms. The second-order valence-electron chi connectivity index (χ2n) is 4.56. The summed E-state index contributed by atoms with van der Waals surface area (Å²) in [4.78, 5) is 0. The summed E-state index contributed by atoms with van der Waals surface area (Å²) in [7, 11) is 0. The van der Waals surface area contributed by atoms with Gasteiger partial charge < -0.3 is 10.2 Å². The fourth-order valence-corrected chi connectivity index (χ4v) is 1.67. The van der Waals surface area contributed by atoms with E-state index in [1.807, 2.05) is 0 Å². The third kappa shape index (κ3) is 2.89. The van der Waals surface area contributed by atoms with Crippen LogP contribution in [-0.2, 0) is 11.2 Å². The molecule has 2 N–H and O–H groups in total. The van der Waals surface area contributed by atoms with Crippen molar-refractivity contribution in [2.24, 2.45) is 0 Å². The zero-order chi connectivity index (χ0) is 17.4. The molecule has 126 valence electrons. The summed E-state index contributed by atoms with van der Waals surface area (Å²) in [6.45, 7) is -4.72. The van der Waals surface area contributed by atoms with Gasteiger partial charge in [-0.1, -0.05) is 18.2 Å². The molecule has 0 aliphatic rings. The molecule has 0 amide bonds. The van der Waals surface area contributed by atoms with Crippen LogP contribution in [0.1, 0.15) is 11.1 Å². The van der Waals surface area contributed by atoms with Gasteiger partial charge >= 0.3 is 12.4 Å². The summed E-state index contributed by atoms with van der Waals surface area (Å²) in [6, 6.07) is 1.72. The molecular weight excluding hydrogens is 328 g/mol. The standard InChI is InChI=1S/C12H10F8O2/c13-5-9(21,11(15,16)17)7-2-1-3-8(4-7)10(22,6-14)12(18,19)20/h1-4,21-22H,5-6H2. The van der Waals surface area contributed by atoms with Gasteiger partial charge in [0.05, 0.1) is 0 Å². The molecule has 0 aliphatic carbocycles. The van der Waals surface area contributed by atoms with E-state index in [4.69, 9.17) is 0 Å². The third-order valence-corrected chi connectivity index (χ3v) is 3.14. The molecule has 1 aromatic rings. The van der Waals surface area contributed by atoms with E-state index in [2.05, 4.69) is 0 Å². The number of aliphatic hydroxyl groups is 2. The molecular formula is C12H10F8O2. The van der Waals surface area contributed by atoms with Gasteiger partial charge in [0, 0.05) is 0 Å². The normalized spacial score (nSPS) is 18.6. The van der Waals surface area contributed by atoms with Crippen LogP contribution in [0.15, 0.2) is 24.3 Å². The van der Waals surface area contributed by atoms with Crippen molar-refractivity contribution in [3.8, 4) is 0 Å². The Balaban J connectivity index is 3.48. The lowest BCUT2D eigenvalue weighted by Crippen LogP contribution is -2.46. The van der Waals surface area contributed by atoms with Crippen LogP contribution in [-0.4, -0.2) is 35.9 Å². The SMILES string of the molecule is OC(CF)(c1cccc(C(O)(CF)C(F)(F)F)c1)C(F)(F)F. The Morgan fingerprint density at radius 3 is 1.27 bits per heavy atom. The lowest BCUT2D eigenvalue weighted by atomic mass is 9.87. The summed E-state index contributed by atoms with van der Waals surface area (Å²) in [5.74, 6) is 0. The summed E-state index contributed by atoms with van der Waals surface area (Å²) in [5, 5.41) is 18.7. The molecule has 2 unspecified atom stereocenters. The first-order chi connectivity index (χ1) is 9.83. The van der Waals surface area contributed by atoms with Crippen LogP contribution in [0.2, 0.25) is 0 Å². The molecule has 0 saturated heterocycles. The maximum atomic E-state index is 12.7. The predicted molar refractivity (Wildman–Crippen MR) is 58.3 cm³/mol. The molecule has 0 aliphatic heterocycles. The highest BCUT2D eigenvalue weighted by Gasteiger charge is 2.58. The van der Waals surface area contributed by atoms with E-state index < -0.39 is 48.0 Å². The Hall–Kier alpha value is -1.42. The summed E-state index contributed by atoms with van der Waals surface area (Å²) in [6.07, 6.45) is -11.0. The minimum atomic E-state index is -5.52. The molecule has 0 saturated carbocycles. The molecule has 0 heterocycles. The number of alkyl halides is 8. The van der Waals surface area contributed by atoms with E-state index in [1.54, 1.807) is 0 Å². The lowest BCUT2D eigenvalue weighted by molar-refractivity contribution is -0.273. The van der Waals surface area contributed by atoms with Crippen molar-refractivity contribution >= 4 is 0 Å². The Kier molecular flexibility index (Phi) is 4.79. The molecule has 0 fully saturated rings. The van der Waals surface area contributed by atoms with Crippen molar-refractivity contribution in [3.05, 3.63) is 35.4 Å². The fourth-order valence-electron chi connectivity index (χ4n) is 1.67. The molecule has 10 heteroatoms. The molecule has 0 radical (unpaired) electrons. The molecule has 0 spiro atoms. The van der Waals surface area contributed by atoms with Crippen molar-refractivity contribution < 1.29 is 45.3 Å². The Bertz CT molecular complexity index is 483. The van der Waals surface area contributed by atoms with Crippen LogP contribution in [0.25, 0.3) is 0 Å². The highest BCUT2D eigenvalue weighted by molar-refractivity contribution is 5.34. The van der Waals surface area contributed by atoms with Crippen molar-refractivity contribution in [2.45, 2.75) is 23.6 Å². The first-order valence-electron chi connectivity index (χ1n) is 5.64. The van der Waals surface area contributed by atoms with E-state index in [1.165, 1.54) is 0 Å². The van der Waals surface area contributed by atoms with Crippen LogP contribution in [0, 0.1) is 0 Å². The molecule has 2 nitrogen and oxygen atoms in total. The predicted octanol–water partition coefficient (Wildman–Crippen LogP) is 3.13. The van der Waals surface area contributed by atoms with E-state index in [9.17, 15) is 45.3 Å². The number of rotatable bonds is 4. The maximum Gasteiger partial charge on any atom is 0.424 e. The average molecular weight is 338 g/mol. The lowest BCUT2D eigenvalue weighted by Gasteiger charge is -2.31. The van der Waals surface area contributed by atoms with Gasteiger partial charge in [0.15, 0.2) is 0 Å². The highest BCUT2D eigenvalue weighted by atomic mass is 19.4. The second-order valence-corrected chi connectivity index (χ2v) is 4.56. The van der Waals surface area contributed by atoms with Gasteiger partial charge in [0.2, 0.25) is 11.2 Å².